The van der Waals surface area contributed by atoms with Gasteiger partial charge in [0.2, 0.25) is 11.5 Å². The second-order valence-electron chi connectivity index (χ2n) is 5.19. The Kier molecular flexibility index (Phi) is 5.28. The molecule has 3 rings (SSSR count). The number of rotatable bonds is 6. The van der Waals surface area contributed by atoms with E-state index >= 15 is 0 Å². The molecule has 0 saturated carbocycles. The summed E-state index contributed by atoms with van der Waals surface area (Å²) in [4.78, 5) is 37.2. The van der Waals surface area contributed by atoms with Crippen molar-refractivity contribution in [2.75, 3.05) is 7.11 Å². The van der Waals surface area contributed by atoms with Crippen LogP contribution in [0.4, 0.5) is 0 Å². The maximum absolute atomic E-state index is 12.6. The Hall–Kier alpha value is -3.19. The van der Waals surface area contributed by atoms with Crippen molar-refractivity contribution in [3.05, 3.63) is 81.4 Å². The molecule has 26 heavy (non-hydrogen) atoms. The molecule has 2 aromatic heterocycles. The number of ketones is 1. The number of thiophene rings is 1. The van der Waals surface area contributed by atoms with Crippen LogP contribution < -0.4 is 0 Å². The van der Waals surface area contributed by atoms with Crippen molar-refractivity contribution in [3.8, 4) is 0 Å². The van der Waals surface area contributed by atoms with Gasteiger partial charge in [0.05, 0.1) is 23.8 Å². The molecule has 0 atom stereocenters. The molecule has 132 valence electrons. The zero-order valence-electron chi connectivity index (χ0n) is 13.8. The second-order valence-corrected chi connectivity index (χ2v) is 6.14. The molecule has 6 nitrogen and oxygen atoms in total. The monoisotopic (exact) mass is 370 g/mol. The zero-order chi connectivity index (χ0) is 18.5. The van der Waals surface area contributed by atoms with E-state index in [4.69, 9.17) is 9.15 Å². The fraction of sp³-hybridized carbons (Fsp3) is 0.105. The summed E-state index contributed by atoms with van der Waals surface area (Å²) in [7, 11) is 1.23. The van der Waals surface area contributed by atoms with Gasteiger partial charge in [-0.05, 0) is 23.6 Å². The van der Waals surface area contributed by atoms with Crippen LogP contribution in [0.3, 0.4) is 0 Å². The number of benzene rings is 1. The highest BCUT2D eigenvalue weighted by Gasteiger charge is 2.21. The molecule has 0 bridgehead atoms. The molecule has 0 aliphatic rings. The topological polar surface area (TPSA) is 82.8 Å². The van der Waals surface area contributed by atoms with Crippen molar-refractivity contribution < 1.29 is 28.3 Å². The highest BCUT2D eigenvalue weighted by atomic mass is 32.1. The van der Waals surface area contributed by atoms with E-state index < -0.39 is 11.9 Å². The van der Waals surface area contributed by atoms with Crippen molar-refractivity contribution in [2.24, 2.45) is 0 Å². The van der Waals surface area contributed by atoms with Gasteiger partial charge in [-0.2, -0.15) is 0 Å². The molecule has 0 fully saturated rings. The van der Waals surface area contributed by atoms with Gasteiger partial charge < -0.3 is 13.9 Å². The van der Waals surface area contributed by atoms with Gasteiger partial charge in [0.15, 0.2) is 0 Å². The number of ether oxygens (including phenoxy) is 2. The quantitative estimate of drug-likeness (QED) is 0.486. The number of carbonyl (C=O) groups excluding carboxylic acids is 3. The minimum atomic E-state index is -0.664. The standard InChI is InChI=1S/C19H14O6S/c1-23-19(22)17-12(8-9-24-17)11-25-18(21)14-6-3-2-5-13(14)16(20)15-7-4-10-26-15/h2-10H,11H2,1H3. The van der Waals surface area contributed by atoms with Gasteiger partial charge in [-0.3, -0.25) is 4.79 Å². The van der Waals surface area contributed by atoms with Crippen LogP contribution in [-0.4, -0.2) is 24.8 Å². The Morgan fingerprint density at radius 1 is 1.00 bits per heavy atom. The molecule has 7 heteroatoms. The fourth-order valence-corrected chi connectivity index (χ4v) is 3.02. The Morgan fingerprint density at radius 3 is 2.46 bits per heavy atom. The largest absolute Gasteiger partial charge is 0.463 e. The molecule has 0 aliphatic heterocycles. The van der Waals surface area contributed by atoms with Crippen molar-refractivity contribution in [1.29, 1.82) is 0 Å². The molecule has 2 heterocycles. The van der Waals surface area contributed by atoms with E-state index in [2.05, 4.69) is 4.74 Å². The first kappa shape index (κ1) is 17.6. The van der Waals surface area contributed by atoms with Gasteiger partial charge in [-0.25, -0.2) is 9.59 Å². The predicted molar refractivity (Wildman–Crippen MR) is 93.4 cm³/mol. The molecule has 3 aromatic rings. The number of carbonyl (C=O) groups is 3. The molecule has 1 aromatic carbocycles. The van der Waals surface area contributed by atoms with Gasteiger partial charge in [0.25, 0.3) is 0 Å². The summed E-state index contributed by atoms with van der Waals surface area (Å²) in [5.74, 6) is -1.59. The normalized spacial score (nSPS) is 10.3. The van der Waals surface area contributed by atoms with E-state index in [9.17, 15) is 14.4 Å². The lowest BCUT2D eigenvalue weighted by molar-refractivity contribution is 0.0452. The van der Waals surface area contributed by atoms with Gasteiger partial charge >= 0.3 is 11.9 Å². The van der Waals surface area contributed by atoms with Crippen LogP contribution in [0.25, 0.3) is 0 Å². The highest BCUT2D eigenvalue weighted by molar-refractivity contribution is 7.12. The Bertz CT molecular complexity index is 939. The lowest BCUT2D eigenvalue weighted by Crippen LogP contribution is -2.13. The predicted octanol–water partition coefficient (Wildman–Crippen LogP) is 3.72. The van der Waals surface area contributed by atoms with Crippen LogP contribution in [-0.2, 0) is 16.1 Å². The van der Waals surface area contributed by atoms with Gasteiger partial charge in [0, 0.05) is 11.1 Å². The molecule has 0 amide bonds. The molecule has 0 saturated heterocycles. The van der Waals surface area contributed by atoms with Crippen molar-refractivity contribution >= 4 is 29.1 Å². The van der Waals surface area contributed by atoms with Crippen molar-refractivity contribution in [2.45, 2.75) is 6.61 Å². The van der Waals surface area contributed by atoms with Crippen molar-refractivity contribution in [3.63, 3.8) is 0 Å². The molecule has 0 radical (unpaired) electrons. The van der Waals surface area contributed by atoms with E-state index in [0.29, 0.717) is 10.4 Å². The average molecular weight is 370 g/mol. The minimum absolute atomic E-state index is 0.0248. The number of hydrogen-bond acceptors (Lipinski definition) is 7. The first-order valence-corrected chi connectivity index (χ1v) is 8.49. The summed E-state index contributed by atoms with van der Waals surface area (Å²) in [6, 6.07) is 11.4. The number of methoxy groups -OCH3 is 1. The van der Waals surface area contributed by atoms with E-state index in [1.807, 2.05) is 0 Å². The van der Waals surface area contributed by atoms with Crippen LogP contribution in [0, 0.1) is 0 Å². The van der Waals surface area contributed by atoms with E-state index in [-0.39, 0.29) is 29.3 Å². The zero-order valence-corrected chi connectivity index (χ0v) is 14.6. The summed E-state index contributed by atoms with van der Waals surface area (Å²) in [5, 5.41) is 1.79. The number of hydrogen-bond donors (Lipinski definition) is 0. The van der Waals surface area contributed by atoms with Gasteiger partial charge in [0.1, 0.15) is 6.61 Å². The van der Waals surface area contributed by atoms with Crippen LogP contribution in [0.2, 0.25) is 0 Å². The summed E-state index contributed by atoms with van der Waals surface area (Å²) in [5.41, 5.74) is 0.807. The maximum atomic E-state index is 12.6. The third-order valence-corrected chi connectivity index (χ3v) is 4.48. The van der Waals surface area contributed by atoms with Crippen LogP contribution in [0.5, 0.6) is 0 Å². The average Bonchev–Trinajstić information content (AvgIpc) is 3.36. The van der Waals surface area contributed by atoms with Gasteiger partial charge in [-0.15, -0.1) is 11.3 Å². The minimum Gasteiger partial charge on any atom is -0.463 e. The lowest BCUT2D eigenvalue weighted by atomic mass is 10.0. The Morgan fingerprint density at radius 2 is 1.77 bits per heavy atom. The van der Waals surface area contributed by atoms with Crippen LogP contribution in [0.15, 0.2) is 58.5 Å². The first-order valence-electron chi connectivity index (χ1n) is 7.61. The highest BCUT2D eigenvalue weighted by Crippen LogP contribution is 2.20. The Labute approximate surface area is 153 Å². The van der Waals surface area contributed by atoms with Crippen molar-refractivity contribution in [1.82, 2.24) is 0 Å². The lowest BCUT2D eigenvalue weighted by Gasteiger charge is -2.08. The first-order chi connectivity index (χ1) is 12.6. The molecule has 0 unspecified atom stereocenters. The summed E-state index contributed by atoms with van der Waals surface area (Å²) < 4.78 is 14.9. The second kappa shape index (κ2) is 7.79. The van der Waals surface area contributed by atoms with Crippen LogP contribution >= 0.6 is 11.3 Å². The molecule has 0 N–H and O–H groups in total. The van der Waals surface area contributed by atoms with E-state index in [0.717, 1.165) is 0 Å². The van der Waals surface area contributed by atoms with E-state index in [1.54, 1.807) is 35.7 Å². The smallest absolute Gasteiger partial charge is 0.374 e. The third-order valence-electron chi connectivity index (χ3n) is 3.61. The molecule has 0 aliphatic carbocycles. The molecular formula is C19H14O6S. The molecule has 0 spiro atoms. The number of esters is 2. The van der Waals surface area contributed by atoms with E-state index in [1.165, 1.54) is 36.8 Å². The SMILES string of the molecule is COC(=O)c1occc1COC(=O)c1ccccc1C(=O)c1cccs1. The summed E-state index contributed by atoms with van der Waals surface area (Å²) in [6.45, 7) is -0.179. The third kappa shape index (κ3) is 3.57. The Balaban J connectivity index is 1.78. The van der Waals surface area contributed by atoms with Gasteiger partial charge in [-0.1, -0.05) is 24.3 Å². The molecular weight excluding hydrogens is 356 g/mol. The number of furan rings is 1. The maximum Gasteiger partial charge on any atom is 0.374 e. The summed E-state index contributed by atoms with van der Waals surface area (Å²) >= 11 is 1.30. The van der Waals surface area contributed by atoms with Crippen LogP contribution in [0.1, 0.15) is 41.7 Å². The summed E-state index contributed by atoms with van der Waals surface area (Å²) in [6.07, 6.45) is 1.31. The fourth-order valence-electron chi connectivity index (χ4n) is 2.34.